The van der Waals surface area contributed by atoms with Crippen molar-refractivity contribution in [2.75, 3.05) is 0 Å². The zero-order valence-electron chi connectivity index (χ0n) is 17.7. The van der Waals surface area contributed by atoms with Crippen LogP contribution in [0.15, 0.2) is 60.7 Å². The molecule has 0 aliphatic carbocycles. The molecule has 4 rings (SSSR count). The van der Waals surface area contributed by atoms with Gasteiger partial charge in [0.15, 0.2) is 0 Å². The number of halogens is 10. The summed E-state index contributed by atoms with van der Waals surface area (Å²) in [6.07, 6.45) is 0. The summed E-state index contributed by atoms with van der Waals surface area (Å²) in [6, 6.07) is 20.8. The fourth-order valence-electron chi connectivity index (χ4n) is 2.71. The third-order valence-corrected chi connectivity index (χ3v) is 6.78. The molecule has 0 amide bonds. The van der Waals surface area contributed by atoms with Crippen LogP contribution in [0.4, 0.5) is 43.9 Å². The minimum Gasteiger partial charge on any atom is -0.153 e. The minimum absolute atomic E-state index is 0. The second-order valence-corrected chi connectivity index (χ2v) is 8.77. The third kappa shape index (κ3) is 5.91. The Bertz CT molecular complexity index is 1200. The number of hydrogen-bond donors (Lipinski definition) is 0. The molecule has 0 saturated heterocycles. The summed E-state index contributed by atoms with van der Waals surface area (Å²) in [5, 5.41) is 0. The Hall–Kier alpha value is -2.87. The van der Waals surface area contributed by atoms with Crippen LogP contribution in [-0.4, -0.2) is 15.0 Å². The molecule has 4 aromatic carbocycles. The van der Waals surface area contributed by atoms with Gasteiger partial charge < -0.3 is 0 Å². The van der Waals surface area contributed by atoms with Gasteiger partial charge in [-0.05, 0) is 11.1 Å². The van der Waals surface area contributed by atoms with Gasteiger partial charge in [-0.3, -0.25) is 0 Å². The summed E-state index contributed by atoms with van der Waals surface area (Å²) in [5.74, 6) is -24.3. The van der Waals surface area contributed by atoms with Gasteiger partial charge in [0.2, 0.25) is 0 Å². The van der Waals surface area contributed by atoms with Gasteiger partial charge in [-0.1, -0.05) is 60.7 Å². The molecule has 1 atom stereocenters. The van der Waals surface area contributed by atoms with Crippen molar-refractivity contribution in [3.8, 4) is 11.1 Å². The van der Waals surface area contributed by atoms with E-state index in [1.807, 2.05) is 12.1 Å². The van der Waals surface area contributed by atoms with Gasteiger partial charge in [-0.25, -0.2) is 0 Å². The van der Waals surface area contributed by atoms with E-state index in [0.29, 0.717) is 0 Å². The number of hydrogen-bond acceptors (Lipinski definition) is 0. The van der Waals surface area contributed by atoms with Gasteiger partial charge in [0, 0.05) is 0 Å². The van der Waals surface area contributed by atoms with Gasteiger partial charge in [0.25, 0.3) is 0 Å². The van der Waals surface area contributed by atoms with Crippen molar-refractivity contribution in [2.24, 2.45) is 0 Å². The summed E-state index contributed by atoms with van der Waals surface area (Å²) in [5.41, 5.74) is 2.55. The van der Waals surface area contributed by atoms with Crippen LogP contribution in [0, 0.1) is 58.2 Å². The molecule has 36 heavy (non-hydrogen) atoms. The van der Waals surface area contributed by atoms with Gasteiger partial charge in [-0.2, -0.15) is 9.90 Å². The Morgan fingerprint density at radius 2 is 0.556 bits per heavy atom. The molecule has 0 radical (unpaired) electrons. The summed E-state index contributed by atoms with van der Waals surface area (Å²) < 4.78 is 128. The van der Waals surface area contributed by atoms with Crippen molar-refractivity contribution in [2.45, 2.75) is 0 Å². The SMILES string of the molecule is Fc1c(F)c(F)c([Se]c2c(F)c(F)c(F)c(F)c2F)c(F)c1F.P.c1ccc(-c2ccccc2)cc1. The largest absolute Gasteiger partial charge is 0.153 e. The molecule has 0 aliphatic heterocycles. The average molecular weight is 601 g/mol. The third-order valence-electron chi connectivity index (χ3n) is 4.42. The van der Waals surface area contributed by atoms with Gasteiger partial charge in [0.1, 0.15) is 0 Å². The molecule has 4 aromatic rings. The molecular formula is C24H13F10PSe. The molecule has 0 fully saturated rings. The maximum atomic E-state index is 13.4. The maximum absolute atomic E-state index is 13.4. The second-order valence-electron chi connectivity index (χ2n) is 6.63. The predicted octanol–water partition coefficient (Wildman–Crippen LogP) is 6.14. The first kappa shape index (κ1) is 29.4. The van der Waals surface area contributed by atoms with Crippen molar-refractivity contribution in [1.82, 2.24) is 0 Å². The van der Waals surface area contributed by atoms with Gasteiger partial charge >= 0.3 is 126 Å². The van der Waals surface area contributed by atoms with Crippen molar-refractivity contribution < 1.29 is 43.9 Å². The van der Waals surface area contributed by atoms with Crippen molar-refractivity contribution >= 4 is 33.8 Å². The van der Waals surface area contributed by atoms with E-state index in [4.69, 9.17) is 0 Å². The Morgan fingerprint density at radius 3 is 0.806 bits per heavy atom. The van der Waals surface area contributed by atoms with E-state index in [9.17, 15) is 43.9 Å². The van der Waals surface area contributed by atoms with Gasteiger partial charge in [-0.15, -0.1) is 0 Å². The zero-order chi connectivity index (χ0) is 25.9. The van der Waals surface area contributed by atoms with Crippen LogP contribution in [0.25, 0.3) is 11.1 Å². The first-order valence-electron chi connectivity index (χ1n) is 9.37. The summed E-state index contributed by atoms with van der Waals surface area (Å²) >= 11 is -2.42. The summed E-state index contributed by atoms with van der Waals surface area (Å²) in [6.45, 7) is 0. The molecule has 0 aliphatic rings. The van der Waals surface area contributed by atoms with Crippen LogP contribution >= 0.6 is 9.90 Å². The molecule has 0 heterocycles. The monoisotopic (exact) mass is 602 g/mol. The smallest absolute Gasteiger partial charge is 0.0184 e. The number of benzene rings is 4. The fourth-order valence-corrected chi connectivity index (χ4v) is 4.64. The Kier molecular flexibility index (Phi) is 10.1. The Morgan fingerprint density at radius 1 is 0.333 bits per heavy atom. The van der Waals surface area contributed by atoms with Crippen LogP contribution in [0.2, 0.25) is 0 Å². The zero-order valence-corrected chi connectivity index (χ0v) is 20.8. The molecule has 0 nitrogen and oxygen atoms in total. The summed E-state index contributed by atoms with van der Waals surface area (Å²) in [4.78, 5) is 0. The van der Waals surface area contributed by atoms with Gasteiger partial charge in [0.05, 0.1) is 0 Å². The van der Waals surface area contributed by atoms with Crippen LogP contribution in [-0.2, 0) is 0 Å². The summed E-state index contributed by atoms with van der Waals surface area (Å²) in [7, 11) is 0. The van der Waals surface area contributed by atoms with E-state index in [2.05, 4.69) is 48.5 Å². The molecule has 1 unspecified atom stereocenters. The standard InChI is InChI=1S/C12F10Se.C12H10.H3P/c13-1-3(15)7(19)11(8(20)4(1)16)23-12-9(21)5(17)2(14)6(18)10(12)22;1-3-7-11(8-4-1)12-9-5-2-6-10-12;/h;1-10H;1H3. The van der Waals surface area contributed by atoms with Crippen LogP contribution in [0.3, 0.4) is 0 Å². The predicted molar refractivity (Wildman–Crippen MR) is 120 cm³/mol. The minimum atomic E-state index is -2.52. The van der Waals surface area contributed by atoms with E-state index in [1.165, 1.54) is 11.1 Å². The number of rotatable bonds is 3. The van der Waals surface area contributed by atoms with Crippen LogP contribution < -0.4 is 8.92 Å². The van der Waals surface area contributed by atoms with E-state index in [1.54, 1.807) is 0 Å². The first-order chi connectivity index (χ1) is 16.6. The molecule has 0 aromatic heterocycles. The molecule has 190 valence electrons. The maximum Gasteiger partial charge on any atom is -0.0184 e. The van der Waals surface area contributed by atoms with Crippen LogP contribution in [0.1, 0.15) is 0 Å². The molecule has 0 N–H and O–H groups in total. The van der Waals surface area contributed by atoms with E-state index < -0.39 is 82.1 Å². The molecule has 12 heteroatoms. The van der Waals surface area contributed by atoms with Crippen molar-refractivity contribution in [3.05, 3.63) is 119 Å². The Labute approximate surface area is 207 Å². The Balaban J connectivity index is 0.000000294. The first-order valence-corrected chi connectivity index (χ1v) is 11.1. The molecule has 0 saturated carbocycles. The van der Waals surface area contributed by atoms with Crippen LogP contribution in [0.5, 0.6) is 0 Å². The second kappa shape index (κ2) is 12.4. The fraction of sp³-hybridized carbons (Fsp3) is 0. The molecule has 0 spiro atoms. The van der Waals surface area contributed by atoms with E-state index in [-0.39, 0.29) is 9.90 Å². The van der Waals surface area contributed by atoms with E-state index >= 15 is 0 Å². The quantitative estimate of drug-likeness (QED) is 0.0871. The molecular weight excluding hydrogens is 588 g/mol. The van der Waals surface area contributed by atoms with Crippen molar-refractivity contribution in [3.63, 3.8) is 0 Å². The topological polar surface area (TPSA) is 0 Å². The van der Waals surface area contributed by atoms with Crippen molar-refractivity contribution in [1.29, 1.82) is 0 Å². The average Bonchev–Trinajstić information content (AvgIpc) is 2.89. The molecule has 0 bridgehead atoms. The van der Waals surface area contributed by atoms with E-state index in [0.717, 1.165) is 0 Å². The normalized spacial score (nSPS) is 10.4.